The molecule has 0 saturated carbocycles. The number of carbonyl (C=O) groups is 1. The van der Waals surface area contributed by atoms with Crippen LogP contribution in [-0.2, 0) is 23.0 Å². The molecule has 0 bridgehead atoms. The molecule has 0 aromatic heterocycles. The quantitative estimate of drug-likeness (QED) is 0.542. The topological polar surface area (TPSA) is 60.9 Å². The molecule has 0 aliphatic carbocycles. The average molecular weight is 490 g/mol. The van der Waals surface area contributed by atoms with E-state index in [1.807, 2.05) is 66.4 Å². The summed E-state index contributed by atoms with van der Waals surface area (Å²) in [5, 5.41) is 0. The van der Waals surface area contributed by atoms with Crippen molar-refractivity contribution in [1.82, 2.24) is 9.21 Å². The second-order valence-electron chi connectivity index (χ2n) is 9.38. The maximum absolute atomic E-state index is 13.4. The SMILES string of the molecule is Cc1ccc(S(=O)(=O)N2CCN(Cc3cccc(C(=O)N4CCCc5ccccc54)c3)CC2)cc1. The Morgan fingerprint density at radius 1 is 0.857 bits per heavy atom. The maximum atomic E-state index is 13.4. The standard InChI is InChI=1S/C28H31N3O3S/c1-22-11-13-26(14-12-22)35(33,34)30-18-16-29(17-19-30)21-23-6-4-8-25(20-23)28(32)31-15-5-9-24-7-2-3-10-27(24)31/h2-4,6-8,10-14,20H,5,9,15-19,21H2,1H3. The van der Waals surface area contributed by atoms with Crippen LogP contribution in [0.15, 0.2) is 77.7 Å². The summed E-state index contributed by atoms with van der Waals surface area (Å²) >= 11 is 0. The fourth-order valence-corrected chi connectivity index (χ4v) is 6.37. The van der Waals surface area contributed by atoms with Gasteiger partial charge >= 0.3 is 0 Å². The lowest BCUT2D eigenvalue weighted by molar-refractivity contribution is 0.0984. The van der Waals surface area contributed by atoms with Crippen molar-refractivity contribution < 1.29 is 13.2 Å². The Hall–Kier alpha value is -3.00. The summed E-state index contributed by atoms with van der Waals surface area (Å²) in [5.74, 6) is 0.0352. The lowest BCUT2D eigenvalue weighted by atomic mass is 10.0. The van der Waals surface area contributed by atoms with Crippen molar-refractivity contribution in [1.29, 1.82) is 0 Å². The number of benzene rings is 3. The molecule has 182 valence electrons. The number of hydrogen-bond donors (Lipinski definition) is 0. The molecule has 1 amide bonds. The van der Waals surface area contributed by atoms with E-state index in [-0.39, 0.29) is 5.91 Å². The minimum atomic E-state index is -3.47. The first-order valence-electron chi connectivity index (χ1n) is 12.2. The zero-order valence-corrected chi connectivity index (χ0v) is 20.9. The zero-order valence-electron chi connectivity index (χ0n) is 20.1. The van der Waals surface area contributed by atoms with E-state index in [2.05, 4.69) is 11.0 Å². The predicted molar refractivity (Wildman–Crippen MR) is 138 cm³/mol. The molecular formula is C28H31N3O3S. The molecule has 3 aromatic rings. The number of amides is 1. The van der Waals surface area contributed by atoms with Gasteiger partial charge in [0, 0.05) is 50.5 Å². The van der Waals surface area contributed by atoms with Crippen LogP contribution in [-0.4, -0.2) is 56.3 Å². The highest BCUT2D eigenvalue weighted by Gasteiger charge is 2.29. The first-order valence-corrected chi connectivity index (χ1v) is 13.6. The Bertz CT molecular complexity index is 1310. The maximum Gasteiger partial charge on any atom is 0.258 e. The van der Waals surface area contributed by atoms with Gasteiger partial charge in [0.2, 0.25) is 10.0 Å². The van der Waals surface area contributed by atoms with Crippen molar-refractivity contribution in [3.05, 3.63) is 95.1 Å². The molecule has 0 atom stereocenters. The van der Waals surface area contributed by atoms with Gasteiger partial charge in [-0.05, 0) is 61.2 Å². The van der Waals surface area contributed by atoms with Gasteiger partial charge < -0.3 is 4.90 Å². The van der Waals surface area contributed by atoms with Gasteiger partial charge in [-0.3, -0.25) is 9.69 Å². The third-order valence-electron chi connectivity index (χ3n) is 6.93. The minimum absolute atomic E-state index is 0.0352. The van der Waals surface area contributed by atoms with Crippen molar-refractivity contribution in [2.24, 2.45) is 0 Å². The smallest absolute Gasteiger partial charge is 0.258 e. The Labute approximate surface area is 207 Å². The van der Waals surface area contributed by atoms with Gasteiger partial charge in [-0.1, -0.05) is 48.0 Å². The third-order valence-corrected chi connectivity index (χ3v) is 8.84. The monoisotopic (exact) mass is 489 g/mol. The van der Waals surface area contributed by atoms with Gasteiger partial charge in [-0.2, -0.15) is 4.31 Å². The Morgan fingerprint density at radius 3 is 2.37 bits per heavy atom. The molecule has 2 heterocycles. The summed E-state index contributed by atoms with van der Waals surface area (Å²) in [6, 6.07) is 23.0. The van der Waals surface area contributed by atoms with Gasteiger partial charge in [-0.15, -0.1) is 0 Å². The number of sulfonamides is 1. The van der Waals surface area contributed by atoms with Crippen LogP contribution in [0.1, 0.15) is 33.5 Å². The number of carbonyl (C=O) groups excluding carboxylic acids is 1. The van der Waals surface area contributed by atoms with E-state index < -0.39 is 10.0 Å². The summed E-state index contributed by atoms with van der Waals surface area (Å²) < 4.78 is 27.5. The van der Waals surface area contributed by atoms with E-state index >= 15 is 0 Å². The van der Waals surface area contributed by atoms with E-state index in [0.717, 1.165) is 36.2 Å². The van der Waals surface area contributed by atoms with Crippen LogP contribution in [0.5, 0.6) is 0 Å². The highest BCUT2D eigenvalue weighted by molar-refractivity contribution is 7.89. The molecule has 2 aliphatic heterocycles. The second kappa shape index (κ2) is 9.93. The molecule has 0 radical (unpaired) electrons. The number of fused-ring (bicyclic) bond motifs is 1. The largest absolute Gasteiger partial charge is 0.308 e. The van der Waals surface area contributed by atoms with Crippen LogP contribution in [0, 0.1) is 6.92 Å². The molecular weight excluding hydrogens is 458 g/mol. The van der Waals surface area contributed by atoms with Crippen LogP contribution < -0.4 is 4.90 Å². The summed E-state index contributed by atoms with van der Waals surface area (Å²) in [7, 11) is -3.47. The van der Waals surface area contributed by atoms with Crippen molar-refractivity contribution in [2.75, 3.05) is 37.6 Å². The van der Waals surface area contributed by atoms with Crippen LogP contribution in [0.25, 0.3) is 0 Å². The zero-order chi connectivity index (χ0) is 24.4. The first kappa shape index (κ1) is 23.7. The molecule has 6 nitrogen and oxygen atoms in total. The van der Waals surface area contributed by atoms with Crippen LogP contribution in [0.3, 0.4) is 0 Å². The molecule has 0 unspecified atom stereocenters. The highest BCUT2D eigenvalue weighted by Crippen LogP contribution is 2.28. The number of piperazine rings is 1. The molecule has 3 aromatic carbocycles. The average Bonchev–Trinajstić information content (AvgIpc) is 2.89. The number of aryl methyl sites for hydroxylation is 2. The summed E-state index contributed by atoms with van der Waals surface area (Å²) in [5.41, 5.74) is 5.04. The molecule has 1 saturated heterocycles. The van der Waals surface area contributed by atoms with Gasteiger partial charge in [0.15, 0.2) is 0 Å². The van der Waals surface area contributed by atoms with E-state index in [0.29, 0.717) is 43.2 Å². The van der Waals surface area contributed by atoms with Gasteiger partial charge in [0.05, 0.1) is 4.90 Å². The Kier molecular flexibility index (Phi) is 6.73. The Morgan fingerprint density at radius 2 is 1.60 bits per heavy atom. The molecule has 5 rings (SSSR count). The molecule has 0 spiro atoms. The normalized spacial score (nSPS) is 17.2. The molecule has 7 heteroatoms. The van der Waals surface area contributed by atoms with Crippen molar-refractivity contribution >= 4 is 21.6 Å². The highest BCUT2D eigenvalue weighted by atomic mass is 32.2. The summed E-state index contributed by atoms with van der Waals surface area (Å²) in [6.07, 6.45) is 1.98. The lowest BCUT2D eigenvalue weighted by Crippen LogP contribution is -2.48. The number of rotatable bonds is 5. The fraction of sp³-hybridized carbons (Fsp3) is 0.321. The molecule has 2 aliphatic rings. The van der Waals surface area contributed by atoms with Crippen LogP contribution in [0.4, 0.5) is 5.69 Å². The number of hydrogen-bond acceptors (Lipinski definition) is 4. The minimum Gasteiger partial charge on any atom is -0.308 e. The predicted octanol–water partition coefficient (Wildman–Crippen LogP) is 4.09. The van der Waals surface area contributed by atoms with E-state index in [1.165, 1.54) is 5.56 Å². The summed E-state index contributed by atoms with van der Waals surface area (Å²) in [4.78, 5) is 17.9. The first-order chi connectivity index (χ1) is 16.9. The Balaban J connectivity index is 1.23. The fourth-order valence-electron chi connectivity index (χ4n) is 4.95. The molecule has 35 heavy (non-hydrogen) atoms. The molecule has 0 N–H and O–H groups in total. The second-order valence-corrected chi connectivity index (χ2v) is 11.3. The van der Waals surface area contributed by atoms with Gasteiger partial charge in [0.1, 0.15) is 0 Å². The molecule has 1 fully saturated rings. The number of para-hydroxylation sites is 1. The van der Waals surface area contributed by atoms with E-state index in [9.17, 15) is 13.2 Å². The van der Waals surface area contributed by atoms with Crippen LogP contribution in [0.2, 0.25) is 0 Å². The summed E-state index contributed by atoms with van der Waals surface area (Å²) in [6.45, 7) is 5.60. The van der Waals surface area contributed by atoms with Crippen LogP contribution >= 0.6 is 0 Å². The van der Waals surface area contributed by atoms with Crippen molar-refractivity contribution in [3.63, 3.8) is 0 Å². The van der Waals surface area contributed by atoms with E-state index in [1.54, 1.807) is 16.4 Å². The van der Waals surface area contributed by atoms with Crippen molar-refractivity contribution in [2.45, 2.75) is 31.2 Å². The van der Waals surface area contributed by atoms with Crippen molar-refractivity contribution in [3.8, 4) is 0 Å². The number of anilines is 1. The van der Waals surface area contributed by atoms with Gasteiger partial charge in [0.25, 0.3) is 5.91 Å². The third kappa shape index (κ3) is 5.03. The number of nitrogens with zero attached hydrogens (tertiary/aromatic N) is 3. The van der Waals surface area contributed by atoms with E-state index in [4.69, 9.17) is 0 Å². The van der Waals surface area contributed by atoms with Gasteiger partial charge in [-0.25, -0.2) is 8.42 Å². The lowest BCUT2D eigenvalue weighted by Gasteiger charge is -2.34.